The van der Waals surface area contributed by atoms with Gasteiger partial charge in [0.15, 0.2) is 5.69 Å². The van der Waals surface area contributed by atoms with Crippen LogP contribution in [0.5, 0.6) is 0 Å². The third-order valence-corrected chi connectivity index (χ3v) is 2.76. The Kier molecular flexibility index (Phi) is 4.14. The number of aromatic nitrogens is 1. The number of rotatable bonds is 5. The molecule has 2 amide bonds. The molecule has 0 unspecified atom stereocenters. The first-order chi connectivity index (χ1) is 9.61. The summed E-state index contributed by atoms with van der Waals surface area (Å²) in [7, 11) is 0. The molecule has 0 radical (unpaired) electrons. The maximum atomic E-state index is 12.2. The number of benzene rings is 1. The van der Waals surface area contributed by atoms with Crippen molar-refractivity contribution in [3.8, 4) is 11.5 Å². The van der Waals surface area contributed by atoms with Crippen molar-refractivity contribution in [1.29, 1.82) is 0 Å². The molecule has 2 rings (SSSR count). The van der Waals surface area contributed by atoms with Crippen LogP contribution in [0.2, 0.25) is 0 Å². The normalized spacial score (nSPS) is 10.2. The van der Waals surface area contributed by atoms with E-state index < -0.39 is 5.91 Å². The van der Waals surface area contributed by atoms with Gasteiger partial charge in [-0.1, -0.05) is 18.2 Å². The van der Waals surface area contributed by atoms with E-state index in [1.54, 1.807) is 6.92 Å². The molecule has 6 heteroatoms. The van der Waals surface area contributed by atoms with E-state index in [-0.39, 0.29) is 18.1 Å². The molecule has 2 N–H and O–H groups in total. The lowest BCUT2D eigenvalue weighted by molar-refractivity contribution is -0.118. The fourth-order valence-electron chi connectivity index (χ4n) is 1.76. The first-order valence-corrected chi connectivity index (χ1v) is 6.20. The van der Waals surface area contributed by atoms with Gasteiger partial charge < -0.3 is 15.1 Å². The minimum absolute atomic E-state index is 0.136. The molecule has 6 nitrogen and oxygen atoms in total. The molecule has 0 spiro atoms. The van der Waals surface area contributed by atoms with Crippen LogP contribution in [0.4, 0.5) is 0 Å². The van der Waals surface area contributed by atoms with Crippen LogP contribution in [0, 0.1) is 0 Å². The number of carbonyl (C=O) groups is 2. The van der Waals surface area contributed by atoms with Crippen molar-refractivity contribution >= 4 is 11.8 Å². The Labute approximate surface area is 116 Å². The van der Waals surface area contributed by atoms with E-state index in [0.29, 0.717) is 12.4 Å². The monoisotopic (exact) mass is 273 g/mol. The van der Waals surface area contributed by atoms with Crippen molar-refractivity contribution in [3.05, 3.63) is 42.3 Å². The van der Waals surface area contributed by atoms with Crippen molar-refractivity contribution in [3.63, 3.8) is 0 Å². The zero-order valence-electron chi connectivity index (χ0n) is 11.1. The van der Waals surface area contributed by atoms with Gasteiger partial charge in [0.25, 0.3) is 5.91 Å². The molecule has 1 aromatic carbocycles. The highest BCUT2D eigenvalue weighted by Crippen LogP contribution is 2.18. The van der Waals surface area contributed by atoms with E-state index in [4.69, 9.17) is 10.2 Å². The summed E-state index contributed by atoms with van der Waals surface area (Å²) in [4.78, 5) is 28.5. The van der Waals surface area contributed by atoms with Crippen LogP contribution in [0.25, 0.3) is 11.5 Å². The Hall–Kier alpha value is -2.63. The molecule has 0 aliphatic carbocycles. The average molecular weight is 273 g/mol. The van der Waals surface area contributed by atoms with E-state index in [9.17, 15) is 9.59 Å². The number of hydrogen-bond acceptors (Lipinski definition) is 4. The van der Waals surface area contributed by atoms with E-state index in [2.05, 4.69) is 4.98 Å². The number of carbonyl (C=O) groups excluding carboxylic acids is 2. The number of likely N-dealkylation sites (N-methyl/N-ethyl adjacent to an activating group) is 1. The predicted octanol–water partition coefficient (Wildman–Crippen LogP) is 1.29. The average Bonchev–Trinajstić information content (AvgIpc) is 2.94. The van der Waals surface area contributed by atoms with E-state index in [1.165, 1.54) is 11.2 Å². The van der Waals surface area contributed by atoms with Crippen molar-refractivity contribution in [2.24, 2.45) is 5.73 Å². The Balaban J connectivity index is 2.20. The minimum atomic E-state index is -0.563. The number of primary amides is 1. The zero-order valence-corrected chi connectivity index (χ0v) is 11.1. The number of oxazole rings is 1. The summed E-state index contributed by atoms with van der Waals surface area (Å²) >= 11 is 0. The Morgan fingerprint density at radius 2 is 2.00 bits per heavy atom. The zero-order chi connectivity index (χ0) is 14.5. The van der Waals surface area contributed by atoms with Crippen LogP contribution < -0.4 is 5.73 Å². The lowest BCUT2D eigenvalue weighted by Gasteiger charge is -2.17. The van der Waals surface area contributed by atoms with E-state index in [1.807, 2.05) is 30.3 Å². The van der Waals surface area contributed by atoms with Gasteiger partial charge in [0.1, 0.15) is 6.26 Å². The van der Waals surface area contributed by atoms with Gasteiger partial charge in [0, 0.05) is 12.1 Å². The third-order valence-electron chi connectivity index (χ3n) is 2.76. The summed E-state index contributed by atoms with van der Waals surface area (Å²) in [6, 6.07) is 9.26. The molecule has 0 bridgehead atoms. The van der Waals surface area contributed by atoms with Gasteiger partial charge in [-0.25, -0.2) is 4.98 Å². The highest BCUT2D eigenvalue weighted by molar-refractivity contribution is 5.94. The predicted molar refractivity (Wildman–Crippen MR) is 72.7 cm³/mol. The Morgan fingerprint density at radius 1 is 1.30 bits per heavy atom. The fraction of sp³-hybridized carbons (Fsp3) is 0.214. The van der Waals surface area contributed by atoms with E-state index in [0.717, 1.165) is 5.56 Å². The standard InChI is InChI=1S/C14H15N3O3/c1-2-17(8-12(15)18)14(19)11-9-20-13(16-11)10-6-4-3-5-7-10/h3-7,9H,2,8H2,1H3,(H2,15,18). The van der Waals surface area contributed by atoms with Crippen LogP contribution in [0.1, 0.15) is 17.4 Å². The van der Waals surface area contributed by atoms with Gasteiger partial charge >= 0.3 is 0 Å². The summed E-state index contributed by atoms with van der Waals surface area (Å²) in [5, 5.41) is 0. The Morgan fingerprint density at radius 3 is 2.60 bits per heavy atom. The molecular formula is C14H15N3O3. The van der Waals surface area contributed by atoms with Gasteiger partial charge in [0.05, 0.1) is 6.54 Å². The molecule has 0 saturated heterocycles. The summed E-state index contributed by atoms with van der Waals surface area (Å²) < 4.78 is 5.30. The Bertz CT molecular complexity index is 607. The second-order valence-electron chi connectivity index (χ2n) is 4.19. The smallest absolute Gasteiger partial charge is 0.276 e. The summed E-state index contributed by atoms with van der Waals surface area (Å²) in [5.41, 5.74) is 6.05. The highest BCUT2D eigenvalue weighted by atomic mass is 16.3. The van der Waals surface area contributed by atoms with Gasteiger partial charge in [-0.3, -0.25) is 9.59 Å². The largest absolute Gasteiger partial charge is 0.444 e. The second kappa shape index (κ2) is 6.01. The van der Waals surface area contributed by atoms with E-state index >= 15 is 0 Å². The lowest BCUT2D eigenvalue weighted by atomic mass is 10.2. The summed E-state index contributed by atoms with van der Waals surface area (Å²) in [5.74, 6) is -0.576. The molecule has 0 fully saturated rings. The summed E-state index contributed by atoms with van der Waals surface area (Å²) in [6.45, 7) is 2.00. The van der Waals surface area contributed by atoms with Crippen molar-refractivity contribution in [2.75, 3.05) is 13.1 Å². The molecule has 0 aliphatic rings. The van der Waals surface area contributed by atoms with Crippen LogP contribution in [-0.4, -0.2) is 34.8 Å². The van der Waals surface area contributed by atoms with Crippen molar-refractivity contribution in [1.82, 2.24) is 9.88 Å². The lowest BCUT2D eigenvalue weighted by Crippen LogP contribution is -2.38. The number of nitrogens with two attached hydrogens (primary N) is 1. The molecule has 1 heterocycles. The van der Waals surface area contributed by atoms with Crippen molar-refractivity contribution < 1.29 is 14.0 Å². The molecule has 104 valence electrons. The topological polar surface area (TPSA) is 89.4 Å². The van der Waals surface area contributed by atoms with Crippen molar-refractivity contribution in [2.45, 2.75) is 6.92 Å². The van der Waals surface area contributed by atoms with Gasteiger partial charge in [-0.05, 0) is 19.1 Å². The van der Waals surface area contributed by atoms with Crippen LogP contribution >= 0.6 is 0 Å². The first-order valence-electron chi connectivity index (χ1n) is 6.20. The maximum absolute atomic E-state index is 12.2. The maximum Gasteiger partial charge on any atom is 0.276 e. The van der Waals surface area contributed by atoms with Gasteiger partial charge in [-0.2, -0.15) is 0 Å². The molecule has 1 aromatic heterocycles. The molecule has 0 aliphatic heterocycles. The second-order valence-corrected chi connectivity index (χ2v) is 4.19. The molecule has 2 aromatic rings. The number of nitrogens with zero attached hydrogens (tertiary/aromatic N) is 2. The molecular weight excluding hydrogens is 258 g/mol. The number of hydrogen-bond donors (Lipinski definition) is 1. The first kappa shape index (κ1) is 13.8. The SMILES string of the molecule is CCN(CC(N)=O)C(=O)c1coc(-c2ccccc2)n1. The molecule has 20 heavy (non-hydrogen) atoms. The molecule has 0 atom stereocenters. The van der Waals surface area contributed by atoms with Gasteiger partial charge in [-0.15, -0.1) is 0 Å². The minimum Gasteiger partial charge on any atom is -0.444 e. The quantitative estimate of drug-likeness (QED) is 0.888. The van der Waals surface area contributed by atoms with Crippen LogP contribution in [-0.2, 0) is 4.79 Å². The van der Waals surface area contributed by atoms with Gasteiger partial charge in [0.2, 0.25) is 11.8 Å². The highest BCUT2D eigenvalue weighted by Gasteiger charge is 2.20. The summed E-state index contributed by atoms with van der Waals surface area (Å²) in [6.07, 6.45) is 1.29. The third kappa shape index (κ3) is 3.03. The molecule has 0 saturated carbocycles. The van der Waals surface area contributed by atoms with Crippen LogP contribution in [0.3, 0.4) is 0 Å². The van der Waals surface area contributed by atoms with Crippen LogP contribution in [0.15, 0.2) is 41.0 Å². The number of amides is 2. The fourth-order valence-corrected chi connectivity index (χ4v) is 1.76.